The number of carbonyl (C=O) groups is 2. The summed E-state index contributed by atoms with van der Waals surface area (Å²) < 4.78 is 38.5. The molecule has 2 aromatic carbocycles. The van der Waals surface area contributed by atoms with Crippen molar-refractivity contribution in [1.29, 1.82) is 0 Å². The fourth-order valence-corrected chi connectivity index (χ4v) is 3.63. The standard InChI is InChI=1S/C24H26O10/c1-15-28-12-18-21(31-15)22(33-19(25)13-29-16-8-4-2-5-9-16)23(24(27)32-18)34-20(26)14-30-17-10-6-3-7-11-17/h2-11,15,18,21-24,27H,12-14H2,1H3/t15-,18-,21-,22+,23-,24-/m1/s1. The zero-order valence-electron chi connectivity index (χ0n) is 18.5. The minimum absolute atomic E-state index is 0.106. The molecule has 2 fully saturated rings. The predicted molar refractivity (Wildman–Crippen MR) is 115 cm³/mol. The smallest absolute Gasteiger partial charge is 0.344 e. The average Bonchev–Trinajstić information content (AvgIpc) is 2.85. The quantitative estimate of drug-likeness (QED) is 0.563. The molecule has 0 saturated carbocycles. The molecule has 0 bridgehead atoms. The maximum Gasteiger partial charge on any atom is 0.344 e. The van der Waals surface area contributed by atoms with Crippen molar-refractivity contribution in [2.45, 2.75) is 43.9 Å². The van der Waals surface area contributed by atoms with Gasteiger partial charge in [0.1, 0.15) is 23.7 Å². The van der Waals surface area contributed by atoms with Crippen LogP contribution in [0.2, 0.25) is 0 Å². The Morgan fingerprint density at radius 1 is 0.853 bits per heavy atom. The summed E-state index contributed by atoms with van der Waals surface area (Å²) in [6.07, 6.45) is -6.25. The first-order chi connectivity index (χ1) is 16.5. The molecule has 4 rings (SSSR count). The van der Waals surface area contributed by atoms with Crippen molar-refractivity contribution >= 4 is 11.9 Å². The maximum atomic E-state index is 12.6. The maximum absolute atomic E-state index is 12.6. The molecule has 2 aliphatic rings. The summed E-state index contributed by atoms with van der Waals surface area (Å²) in [5.41, 5.74) is 0. The van der Waals surface area contributed by atoms with Crippen molar-refractivity contribution in [2.75, 3.05) is 19.8 Å². The van der Waals surface area contributed by atoms with E-state index in [1.54, 1.807) is 55.5 Å². The van der Waals surface area contributed by atoms with Gasteiger partial charge in [0.2, 0.25) is 0 Å². The van der Waals surface area contributed by atoms with Crippen LogP contribution in [0.1, 0.15) is 6.92 Å². The summed E-state index contributed by atoms with van der Waals surface area (Å²) in [6.45, 7) is 0.973. The van der Waals surface area contributed by atoms with E-state index in [1.807, 2.05) is 12.1 Å². The van der Waals surface area contributed by atoms with E-state index in [-0.39, 0.29) is 6.61 Å². The lowest BCUT2D eigenvalue weighted by Gasteiger charge is -2.46. The third kappa shape index (κ3) is 6.23. The van der Waals surface area contributed by atoms with Crippen LogP contribution in [0.15, 0.2) is 60.7 Å². The largest absolute Gasteiger partial charge is 0.482 e. The molecule has 6 atom stereocenters. The molecule has 182 valence electrons. The highest BCUT2D eigenvalue weighted by molar-refractivity contribution is 5.72. The van der Waals surface area contributed by atoms with Crippen LogP contribution in [0.5, 0.6) is 11.5 Å². The molecular weight excluding hydrogens is 448 g/mol. The van der Waals surface area contributed by atoms with Crippen LogP contribution in [0.4, 0.5) is 0 Å². The van der Waals surface area contributed by atoms with Gasteiger partial charge in [-0.25, -0.2) is 9.59 Å². The summed E-state index contributed by atoms with van der Waals surface area (Å²) in [6, 6.07) is 17.5. The van der Waals surface area contributed by atoms with Gasteiger partial charge in [-0.1, -0.05) is 36.4 Å². The van der Waals surface area contributed by atoms with Crippen LogP contribution in [0.25, 0.3) is 0 Å². The number of benzene rings is 2. The molecule has 2 aliphatic heterocycles. The topological polar surface area (TPSA) is 119 Å². The Morgan fingerprint density at radius 3 is 1.94 bits per heavy atom. The number of para-hydroxylation sites is 2. The highest BCUT2D eigenvalue weighted by Gasteiger charge is 2.52. The van der Waals surface area contributed by atoms with Crippen LogP contribution in [0, 0.1) is 0 Å². The monoisotopic (exact) mass is 474 g/mol. The lowest BCUT2D eigenvalue weighted by atomic mass is 9.97. The van der Waals surface area contributed by atoms with E-state index < -0.39 is 62.1 Å². The van der Waals surface area contributed by atoms with Gasteiger partial charge in [0.15, 0.2) is 38.0 Å². The number of aliphatic hydroxyl groups is 1. The molecule has 34 heavy (non-hydrogen) atoms. The molecule has 0 aromatic heterocycles. The SMILES string of the molecule is C[C@@H]1OC[C@H]2O[C@@H](O)[C@H](OC(=O)COc3ccccc3)[C@@H](OC(=O)COc3ccccc3)[C@@H]2O1. The minimum atomic E-state index is -1.57. The molecule has 0 spiro atoms. The molecule has 2 heterocycles. The Morgan fingerprint density at radius 2 is 1.38 bits per heavy atom. The van der Waals surface area contributed by atoms with E-state index in [0.29, 0.717) is 11.5 Å². The van der Waals surface area contributed by atoms with Gasteiger partial charge in [0, 0.05) is 0 Å². The lowest BCUT2D eigenvalue weighted by Crippen LogP contribution is -2.64. The number of hydrogen-bond donors (Lipinski definition) is 1. The summed E-state index contributed by atoms with van der Waals surface area (Å²) >= 11 is 0. The van der Waals surface area contributed by atoms with Crippen molar-refractivity contribution in [3.05, 3.63) is 60.7 Å². The Balaban J connectivity index is 1.42. The number of hydrogen-bond acceptors (Lipinski definition) is 10. The minimum Gasteiger partial charge on any atom is -0.482 e. The van der Waals surface area contributed by atoms with Crippen molar-refractivity contribution in [3.63, 3.8) is 0 Å². The van der Waals surface area contributed by atoms with Crippen LogP contribution in [-0.4, -0.2) is 73.9 Å². The van der Waals surface area contributed by atoms with Crippen molar-refractivity contribution < 1.29 is 47.9 Å². The number of ether oxygens (including phenoxy) is 7. The third-order valence-corrected chi connectivity index (χ3v) is 5.19. The summed E-state index contributed by atoms with van der Waals surface area (Å²) in [5, 5.41) is 10.5. The van der Waals surface area contributed by atoms with Crippen LogP contribution in [0.3, 0.4) is 0 Å². The van der Waals surface area contributed by atoms with Gasteiger partial charge in [-0.2, -0.15) is 0 Å². The molecule has 10 nitrogen and oxygen atoms in total. The Bertz CT molecular complexity index is 937. The number of rotatable bonds is 8. The second-order valence-corrected chi connectivity index (χ2v) is 7.68. The number of carbonyl (C=O) groups excluding carboxylic acids is 2. The molecule has 2 aromatic rings. The first-order valence-corrected chi connectivity index (χ1v) is 10.8. The van der Waals surface area contributed by atoms with E-state index in [4.69, 9.17) is 33.2 Å². The summed E-state index contributed by atoms with van der Waals surface area (Å²) in [5.74, 6) is -0.549. The normalized spacial score (nSPS) is 28.3. The second-order valence-electron chi connectivity index (χ2n) is 7.68. The molecule has 0 amide bonds. The first kappa shape index (κ1) is 24.0. The third-order valence-electron chi connectivity index (χ3n) is 5.19. The average molecular weight is 474 g/mol. The zero-order valence-corrected chi connectivity index (χ0v) is 18.5. The summed E-state index contributed by atoms with van der Waals surface area (Å²) in [7, 11) is 0. The van der Waals surface area contributed by atoms with Gasteiger partial charge in [-0.15, -0.1) is 0 Å². The van der Waals surface area contributed by atoms with Crippen LogP contribution in [-0.2, 0) is 33.3 Å². The number of aliphatic hydroxyl groups excluding tert-OH is 1. The fourth-order valence-electron chi connectivity index (χ4n) is 3.63. The van der Waals surface area contributed by atoms with Crippen molar-refractivity contribution in [2.24, 2.45) is 0 Å². The lowest BCUT2D eigenvalue weighted by molar-refractivity contribution is -0.350. The first-order valence-electron chi connectivity index (χ1n) is 10.8. The predicted octanol–water partition coefficient (Wildman–Crippen LogP) is 1.45. The highest BCUT2D eigenvalue weighted by Crippen LogP contribution is 2.31. The Hall–Kier alpha value is -3.18. The number of fused-ring (bicyclic) bond motifs is 1. The van der Waals surface area contributed by atoms with E-state index in [1.165, 1.54) is 0 Å². The fraction of sp³-hybridized carbons (Fsp3) is 0.417. The Labute approximate surface area is 196 Å². The summed E-state index contributed by atoms with van der Waals surface area (Å²) in [4.78, 5) is 25.0. The molecule has 0 radical (unpaired) electrons. The highest BCUT2D eigenvalue weighted by atomic mass is 16.7. The molecule has 2 saturated heterocycles. The van der Waals surface area contributed by atoms with Gasteiger partial charge in [0.25, 0.3) is 0 Å². The zero-order chi connectivity index (χ0) is 23.9. The van der Waals surface area contributed by atoms with Gasteiger partial charge < -0.3 is 38.3 Å². The van der Waals surface area contributed by atoms with Gasteiger partial charge in [-0.05, 0) is 31.2 Å². The van der Waals surface area contributed by atoms with E-state index >= 15 is 0 Å². The van der Waals surface area contributed by atoms with Gasteiger partial charge in [-0.3, -0.25) is 0 Å². The number of esters is 2. The van der Waals surface area contributed by atoms with Crippen LogP contribution < -0.4 is 9.47 Å². The second kappa shape index (κ2) is 11.3. The Kier molecular flexibility index (Phi) is 7.96. The molecule has 1 N–H and O–H groups in total. The van der Waals surface area contributed by atoms with Gasteiger partial charge >= 0.3 is 11.9 Å². The van der Waals surface area contributed by atoms with Crippen molar-refractivity contribution in [3.8, 4) is 11.5 Å². The van der Waals surface area contributed by atoms with E-state index in [9.17, 15) is 14.7 Å². The van der Waals surface area contributed by atoms with Crippen LogP contribution >= 0.6 is 0 Å². The molecular formula is C24H26O10. The molecule has 0 unspecified atom stereocenters. The van der Waals surface area contributed by atoms with Gasteiger partial charge in [0.05, 0.1) is 6.61 Å². The van der Waals surface area contributed by atoms with Crippen molar-refractivity contribution in [1.82, 2.24) is 0 Å². The molecule has 10 heteroatoms. The van der Waals surface area contributed by atoms with E-state index in [2.05, 4.69) is 0 Å². The van der Waals surface area contributed by atoms with E-state index in [0.717, 1.165) is 0 Å². The molecule has 0 aliphatic carbocycles.